The fourth-order valence-electron chi connectivity index (χ4n) is 1.64. The number of nitrogens with one attached hydrogen (secondary N) is 1. The summed E-state index contributed by atoms with van der Waals surface area (Å²) in [6, 6.07) is 8.44. The van der Waals surface area contributed by atoms with E-state index >= 15 is 0 Å². The van der Waals surface area contributed by atoms with Gasteiger partial charge in [0.2, 0.25) is 0 Å². The highest BCUT2D eigenvalue weighted by atomic mass is 32.1. The molecule has 0 amide bonds. The van der Waals surface area contributed by atoms with Crippen molar-refractivity contribution in [3.05, 3.63) is 41.1 Å². The van der Waals surface area contributed by atoms with Crippen molar-refractivity contribution in [3.63, 3.8) is 0 Å². The molecule has 1 heterocycles. The van der Waals surface area contributed by atoms with Crippen molar-refractivity contribution in [2.75, 3.05) is 26.3 Å². The van der Waals surface area contributed by atoms with E-state index in [1.807, 2.05) is 16.8 Å². The van der Waals surface area contributed by atoms with E-state index < -0.39 is 6.10 Å². The Morgan fingerprint density at radius 2 is 1.90 bits per heavy atom. The van der Waals surface area contributed by atoms with Gasteiger partial charge in [-0.3, -0.25) is 0 Å². The number of ether oxygens (including phenoxy) is 2. The summed E-state index contributed by atoms with van der Waals surface area (Å²) in [7, 11) is 0. The molecule has 0 fully saturated rings. The fraction of sp³-hybridized carbons (Fsp3) is 0.333. The topological polar surface area (TPSA) is 71.0 Å². The molecule has 0 aliphatic heterocycles. The molecule has 114 valence electrons. The Labute approximate surface area is 127 Å². The van der Waals surface area contributed by atoms with Crippen LogP contribution in [0.3, 0.4) is 0 Å². The van der Waals surface area contributed by atoms with Gasteiger partial charge in [0, 0.05) is 18.5 Å². The molecule has 0 saturated heterocycles. The lowest BCUT2D eigenvalue weighted by Crippen LogP contribution is -2.33. The van der Waals surface area contributed by atoms with Crippen LogP contribution in [0.5, 0.6) is 17.2 Å². The van der Waals surface area contributed by atoms with Crippen molar-refractivity contribution in [3.8, 4) is 17.2 Å². The van der Waals surface area contributed by atoms with E-state index in [9.17, 15) is 5.11 Å². The molecule has 0 saturated carbocycles. The molecule has 1 atom stereocenters. The maximum Gasteiger partial charge on any atom is 0.130 e. The van der Waals surface area contributed by atoms with Crippen molar-refractivity contribution >= 4 is 11.3 Å². The number of thiophene rings is 1. The number of rotatable bonds is 9. The van der Waals surface area contributed by atoms with Gasteiger partial charge in [-0.1, -0.05) is 0 Å². The van der Waals surface area contributed by atoms with Crippen molar-refractivity contribution < 1.29 is 19.7 Å². The zero-order valence-corrected chi connectivity index (χ0v) is 12.4. The second kappa shape index (κ2) is 8.51. The van der Waals surface area contributed by atoms with Crippen LogP contribution in [0.15, 0.2) is 41.1 Å². The number of hydrogen-bond donors (Lipinski definition) is 3. The molecule has 1 aromatic heterocycles. The van der Waals surface area contributed by atoms with E-state index in [0.717, 1.165) is 5.75 Å². The molecule has 5 nitrogen and oxygen atoms in total. The summed E-state index contributed by atoms with van der Waals surface area (Å²) in [5.74, 6) is 1.71. The lowest BCUT2D eigenvalue weighted by Gasteiger charge is -2.13. The van der Waals surface area contributed by atoms with E-state index in [1.165, 1.54) is 0 Å². The highest BCUT2D eigenvalue weighted by Crippen LogP contribution is 2.15. The van der Waals surface area contributed by atoms with Crippen LogP contribution in [0.2, 0.25) is 0 Å². The van der Waals surface area contributed by atoms with Gasteiger partial charge in [-0.25, -0.2) is 0 Å². The number of hydrogen-bond acceptors (Lipinski definition) is 6. The minimum Gasteiger partial charge on any atom is -0.508 e. The van der Waals surface area contributed by atoms with Gasteiger partial charge in [0.1, 0.15) is 36.6 Å². The third-order valence-electron chi connectivity index (χ3n) is 2.70. The Hall–Kier alpha value is -1.76. The molecule has 6 heteroatoms. The highest BCUT2D eigenvalue weighted by molar-refractivity contribution is 7.08. The van der Waals surface area contributed by atoms with Crippen LogP contribution in [-0.2, 0) is 0 Å². The van der Waals surface area contributed by atoms with Crippen LogP contribution in [0.1, 0.15) is 0 Å². The minimum absolute atomic E-state index is 0.217. The fourth-order valence-corrected chi connectivity index (χ4v) is 2.21. The van der Waals surface area contributed by atoms with Crippen molar-refractivity contribution in [2.45, 2.75) is 6.10 Å². The van der Waals surface area contributed by atoms with E-state index in [2.05, 4.69) is 5.32 Å². The number of aliphatic hydroxyl groups excluding tert-OH is 1. The summed E-state index contributed by atoms with van der Waals surface area (Å²) >= 11 is 1.56. The average Bonchev–Trinajstić information content (AvgIpc) is 3.00. The molecule has 0 aliphatic carbocycles. The lowest BCUT2D eigenvalue weighted by molar-refractivity contribution is 0.106. The van der Waals surface area contributed by atoms with E-state index in [-0.39, 0.29) is 12.4 Å². The van der Waals surface area contributed by atoms with Crippen molar-refractivity contribution in [1.29, 1.82) is 0 Å². The summed E-state index contributed by atoms with van der Waals surface area (Å²) in [5.41, 5.74) is 0. The first-order valence-corrected chi connectivity index (χ1v) is 7.64. The molecule has 1 aromatic carbocycles. The lowest BCUT2D eigenvalue weighted by atomic mass is 10.3. The molecule has 0 aliphatic rings. The summed E-state index contributed by atoms with van der Waals surface area (Å²) in [4.78, 5) is 0. The Morgan fingerprint density at radius 3 is 2.62 bits per heavy atom. The standard InChI is InChI=1S/C15H19NO4S/c17-12-1-3-14(4-2-12)19-7-6-16-9-13(18)10-20-15-5-8-21-11-15/h1-5,8,11,13,16-18H,6-7,9-10H2/t13-/m0/s1. The van der Waals surface area contributed by atoms with E-state index in [4.69, 9.17) is 14.6 Å². The predicted octanol–water partition coefficient (Wildman–Crippen LogP) is 1.86. The van der Waals surface area contributed by atoms with Gasteiger partial charge < -0.3 is 25.0 Å². The van der Waals surface area contributed by atoms with Gasteiger partial charge in [-0.05, 0) is 35.7 Å². The van der Waals surface area contributed by atoms with Crippen LogP contribution in [0, 0.1) is 0 Å². The highest BCUT2D eigenvalue weighted by Gasteiger charge is 2.05. The maximum absolute atomic E-state index is 9.74. The van der Waals surface area contributed by atoms with Crippen molar-refractivity contribution in [2.24, 2.45) is 0 Å². The van der Waals surface area contributed by atoms with Crippen LogP contribution >= 0.6 is 11.3 Å². The number of aliphatic hydroxyl groups is 1. The quantitative estimate of drug-likeness (QED) is 0.617. The molecular formula is C15H19NO4S. The number of benzene rings is 1. The molecule has 0 radical (unpaired) electrons. The van der Waals surface area contributed by atoms with Gasteiger partial charge in [0.25, 0.3) is 0 Å². The largest absolute Gasteiger partial charge is 0.508 e. The third kappa shape index (κ3) is 6.03. The number of phenols is 1. The van der Waals surface area contributed by atoms with Gasteiger partial charge in [-0.2, -0.15) is 0 Å². The van der Waals surface area contributed by atoms with E-state index in [1.54, 1.807) is 35.6 Å². The third-order valence-corrected chi connectivity index (χ3v) is 3.36. The van der Waals surface area contributed by atoms with E-state index in [0.29, 0.717) is 25.4 Å². The second-order valence-electron chi connectivity index (χ2n) is 4.47. The first-order chi connectivity index (χ1) is 10.2. The molecule has 0 unspecified atom stereocenters. The van der Waals surface area contributed by atoms with Crippen LogP contribution in [0.25, 0.3) is 0 Å². The molecule has 3 N–H and O–H groups in total. The Balaban J connectivity index is 1.52. The van der Waals surface area contributed by atoms with Crippen LogP contribution < -0.4 is 14.8 Å². The zero-order valence-electron chi connectivity index (χ0n) is 11.6. The summed E-state index contributed by atoms with van der Waals surface area (Å²) < 4.78 is 10.9. The zero-order chi connectivity index (χ0) is 14.9. The van der Waals surface area contributed by atoms with Gasteiger partial charge >= 0.3 is 0 Å². The molecule has 2 aromatic rings. The molecule has 0 spiro atoms. The smallest absolute Gasteiger partial charge is 0.130 e. The van der Waals surface area contributed by atoms with Crippen LogP contribution in [-0.4, -0.2) is 42.6 Å². The monoisotopic (exact) mass is 309 g/mol. The van der Waals surface area contributed by atoms with Gasteiger partial charge in [-0.15, -0.1) is 11.3 Å². The number of phenolic OH excluding ortho intramolecular Hbond substituents is 1. The van der Waals surface area contributed by atoms with Crippen LogP contribution in [0.4, 0.5) is 0 Å². The minimum atomic E-state index is -0.557. The molecule has 21 heavy (non-hydrogen) atoms. The first kappa shape index (κ1) is 15.6. The van der Waals surface area contributed by atoms with Gasteiger partial charge in [0.15, 0.2) is 0 Å². The maximum atomic E-state index is 9.74. The summed E-state index contributed by atoms with van der Waals surface area (Å²) in [6.45, 7) is 1.82. The second-order valence-corrected chi connectivity index (χ2v) is 5.25. The SMILES string of the molecule is Oc1ccc(OCCNC[C@H](O)COc2ccsc2)cc1. The average molecular weight is 309 g/mol. The number of aromatic hydroxyl groups is 1. The van der Waals surface area contributed by atoms with Gasteiger partial charge in [0.05, 0.1) is 0 Å². The Morgan fingerprint density at radius 1 is 1.10 bits per heavy atom. The summed E-state index contributed by atoms with van der Waals surface area (Å²) in [5, 5.41) is 25.8. The molecule has 0 bridgehead atoms. The van der Waals surface area contributed by atoms with Crippen molar-refractivity contribution in [1.82, 2.24) is 5.32 Å². The molecular weight excluding hydrogens is 290 g/mol. The summed E-state index contributed by atoms with van der Waals surface area (Å²) in [6.07, 6.45) is -0.557. The normalized spacial score (nSPS) is 12.0. The Bertz CT molecular complexity index is 501. The first-order valence-electron chi connectivity index (χ1n) is 6.69. The predicted molar refractivity (Wildman–Crippen MR) is 82.3 cm³/mol. The Kier molecular flexibility index (Phi) is 6.33. The molecule has 2 rings (SSSR count).